The van der Waals surface area contributed by atoms with Crippen LogP contribution < -0.4 is 9.47 Å². The maximum absolute atomic E-state index is 12.8. The lowest BCUT2D eigenvalue weighted by Crippen LogP contribution is -2.13. The SMILES string of the molecule is C=C(C)C(=O)OCCCCCC(=O)OCCCCCC(=O)OCCCCCC(=O)OCCCCCCOc1ccc(C(=O)Oc2ccc(C3CCC(CCCCC)CC3)cc2)cc1. The highest BCUT2D eigenvalue weighted by Gasteiger charge is 2.22. The van der Waals surface area contributed by atoms with Gasteiger partial charge in [0.15, 0.2) is 0 Å². The lowest BCUT2D eigenvalue weighted by molar-refractivity contribution is -0.145. The van der Waals surface area contributed by atoms with Gasteiger partial charge < -0.3 is 28.4 Å². The molecule has 0 saturated heterocycles. The van der Waals surface area contributed by atoms with E-state index in [1.54, 1.807) is 31.2 Å². The van der Waals surface area contributed by atoms with Gasteiger partial charge in [-0.25, -0.2) is 9.59 Å². The van der Waals surface area contributed by atoms with E-state index in [1.165, 1.54) is 56.9 Å². The maximum Gasteiger partial charge on any atom is 0.343 e. The summed E-state index contributed by atoms with van der Waals surface area (Å²) >= 11 is 0. The number of unbranched alkanes of at least 4 members (excludes halogenated alkanes) is 11. The first kappa shape index (κ1) is 52.7. The van der Waals surface area contributed by atoms with E-state index in [0.717, 1.165) is 50.9 Å². The molecule has 0 heterocycles. The first-order chi connectivity index (χ1) is 30.6. The lowest BCUT2D eigenvalue weighted by atomic mass is 9.77. The molecule has 2 aromatic rings. The van der Waals surface area contributed by atoms with Gasteiger partial charge in [0.05, 0.1) is 38.6 Å². The molecule has 0 bridgehead atoms. The maximum atomic E-state index is 12.8. The lowest BCUT2D eigenvalue weighted by Gasteiger charge is -2.29. The number of ether oxygens (including phenoxy) is 6. The second-order valence-electron chi connectivity index (χ2n) is 17.0. The van der Waals surface area contributed by atoms with Crippen LogP contribution in [-0.2, 0) is 38.1 Å². The van der Waals surface area contributed by atoms with Crippen molar-refractivity contribution in [3.63, 3.8) is 0 Å². The van der Waals surface area contributed by atoms with Crippen LogP contribution >= 0.6 is 0 Å². The third-order valence-electron chi connectivity index (χ3n) is 11.5. The molecule has 0 spiro atoms. The Labute approximate surface area is 377 Å². The summed E-state index contributed by atoms with van der Waals surface area (Å²) in [5, 5.41) is 0. The van der Waals surface area contributed by atoms with Crippen molar-refractivity contribution < 1.29 is 52.4 Å². The average Bonchev–Trinajstić information content (AvgIpc) is 3.28. The quantitative estimate of drug-likeness (QED) is 0.0218. The minimum atomic E-state index is -0.396. The first-order valence-corrected chi connectivity index (χ1v) is 24.0. The summed E-state index contributed by atoms with van der Waals surface area (Å²) in [5.74, 6) is 1.28. The first-order valence-electron chi connectivity index (χ1n) is 24.0. The van der Waals surface area contributed by atoms with Crippen LogP contribution in [0.15, 0.2) is 60.7 Å². The summed E-state index contributed by atoms with van der Waals surface area (Å²) < 4.78 is 32.4. The Bertz CT molecular complexity index is 1610. The largest absolute Gasteiger partial charge is 0.494 e. The summed E-state index contributed by atoms with van der Waals surface area (Å²) in [4.78, 5) is 60.0. The van der Waals surface area contributed by atoms with Gasteiger partial charge in [0.2, 0.25) is 0 Å². The topological polar surface area (TPSA) is 141 Å². The molecule has 0 amide bonds. The van der Waals surface area contributed by atoms with Crippen molar-refractivity contribution in [1.82, 2.24) is 0 Å². The van der Waals surface area contributed by atoms with Gasteiger partial charge in [0, 0.05) is 24.8 Å². The zero-order chi connectivity index (χ0) is 45.3. The third kappa shape index (κ3) is 24.7. The molecule has 0 atom stereocenters. The molecule has 63 heavy (non-hydrogen) atoms. The fraction of sp³-hybridized carbons (Fsp3) is 0.635. The van der Waals surface area contributed by atoms with Crippen LogP contribution in [0.25, 0.3) is 0 Å². The molecule has 2 aromatic carbocycles. The average molecular weight is 877 g/mol. The van der Waals surface area contributed by atoms with Crippen molar-refractivity contribution in [3.05, 3.63) is 71.8 Å². The number of esters is 5. The van der Waals surface area contributed by atoms with Crippen molar-refractivity contribution >= 4 is 29.8 Å². The molecular formula is C52H76O11. The molecule has 1 saturated carbocycles. The monoisotopic (exact) mass is 877 g/mol. The number of carbonyl (C=O) groups excluding carboxylic acids is 5. The van der Waals surface area contributed by atoms with Crippen molar-refractivity contribution in [2.24, 2.45) is 5.92 Å². The van der Waals surface area contributed by atoms with Crippen molar-refractivity contribution in [2.75, 3.05) is 33.0 Å². The van der Waals surface area contributed by atoms with E-state index in [0.29, 0.717) is 119 Å². The number of carbonyl (C=O) groups is 5. The highest BCUT2D eigenvalue weighted by molar-refractivity contribution is 5.91. The second-order valence-corrected chi connectivity index (χ2v) is 17.0. The van der Waals surface area contributed by atoms with Crippen molar-refractivity contribution in [3.8, 4) is 11.5 Å². The Hall–Kier alpha value is -4.67. The van der Waals surface area contributed by atoms with E-state index in [9.17, 15) is 24.0 Å². The van der Waals surface area contributed by atoms with Crippen LogP contribution in [0.1, 0.15) is 190 Å². The molecule has 0 aliphatic heterocycles. The Kier molecular flexibility index (Phi) is 27.5. The fourth-order valence-corrected chi connectivity index (χ4v) is 7.58. The second kappa shape index (κ2) is 32.9. The van der Waals surface area contributed by atoms with Gasteiger partial charge in [0.1, 0.15) is 11.5 Å². The summed E-state index contributed by atoms with van der Waals surface area (Å²) in [5.41, 5.74) is 2.19. The fourth-order valence-electron chi connectivity index (χ4n) is 7.58. The molecule has 11 nitrogen and oxygen atoms in total. The number of benzene rings is 2. The third-order valence-corrected chi connectivity index (χ3v) is 11.5. The molecule has 0 aromatic heterocycles. The van der Waals surface area contributed by atoms with E-state index in [2.05, 4.69) is 25.6 Å². The van der Waals surface area contributed by atoms with Crippen LogP contribution in [0.3, 0.4) is 0 Å². The molecule has 350 valence electrons. The Morgan fingerprint density at radius 1 is 0.524 bits per heavy atom. The van der Waals surface area contributed by atoms with E-state index >= 15 is 0 Å². The number of rotatable bonds is 34. The Balaban J connectivity index is 1.08. The van der Waals surface area contributed by atoms with E-state index in [4.69, 9.17) is 28.4 Å². The predicted octanol–water partition coefficient (Wildman–Crippen LogP) is 12.1. The highest BCUT2D eigenvalue weighted by atomic mass is 16.5. The van der Waals surface area contributed by atoms with E-state index in [-0.39, 0.29) is 23.9 Å². The van der Waals surface area contributed by atoms with Crippen LogP contribution in [0.4, 0.5) is 0 Å². The van der Waals surface area contributed by atoms with Crippen molar-refractivity contribution in [2.45, 2.75) is 174 Å². The highest BCUT2D eigenvalue weighted by Crippen LogP contribution is 2.38. The van der Waals surface area contributed by atoms with Crippen LogP contribution in [0.2, 0.25) is 0 Å². The van der Waals surface area contributed by atoms with Gasteiger partial charge in [0.25, 0.3) is 0 Å². The zero-order valence-corrected chi connectivity index (χ0v) is 38.5. The van der Waals surface area contributed by atoms with Gasteiger partial charge in [-0.3, -0.25) is 14.4 Å². The van der Waals surface area contributed by atoms with E-state index < -0.39 is 5.97 Å². The van der Waals surface area contributed by atoms with Crippen LogP contribution in [0, 0.1) is 5.92 Å². The molecule has 3 rings (SSSR count). The number of hydrogen-bond donors (Lipinski definition) is 0. The van der Waals surface area contributed by atoms with Gasteiger partial charge >= 0.3 is 29.8 Å². The minimum absolute atomic E-state index is 0.203. The summed E-state index contributed by atoms with van der Waals surface area (Å²) in [7, 11) is 0. The summed E-state index contributed by atoms with van der Waals surface area (Å²) in [6, 6.07) is 15.1. The van der Waals surface area contributed by atoms with Gasteiger partial charge in [-0.15, -0.1) is 0 Å². The Morgan fingerprint density at radius 2 is 0.984 bits per heavy atom. The van der Waals surface area contributed by atoms with E-state index in [1.807, 2.05) is 12.1 Å². The molecule has 1 aliphatic rings. The molecule has 1 aliphatic carbocycles. The van der Waals surface area contributed by atoms with Gasteiger partial charge in [-0.05, 0) is 170 Å². The van der Waals surface area contributed by atoms with Gasteiger partial charge in [-0.2, -0.15) is 0 Å². The molecule has 0 unspecified atom stereocenters. The molecule has 1 fully saturated rings. The molecule has 0 radical (unpaired) electrons. The standard InChI is InChI=1S/C52H76O11/c1-4-5-11-20-42-24-26-43(27-25-42)44-28-34-47(35-29-44)63-52(57)45-30-32-46(33-31-45)58-36-15-6-7-16-37-59-48(53)21-12-8-17-38-60-49(54)22-13-9-18-39-61-50(55)23-14-10-19-40-62-51(56)41(2)3/h28-35,42-43H,2,4-27,36-40H2,1,3H3. The van der Waals surface area contributed by atoms with Crippen molar-refractivity contribution in [1.29, 1.82) is 0 Å². The summed E-state index contributed by atoms with van der Waals surface area (Å²) in [6.45, 7) is 9.35. The van der Waals surface area contributed by atoms with Crippen LogP contribution in [0.5, 0.6) is 11.5 Å². The van der Waals surface area contributed by atoms with Crippen LogP contribution in [-0.4, -0.2) is 62.9 Å². The predicted molar refractivity (Wildman–Crippen MR) is 245 cm³/mol. The van der Waals surface area contributed by atoms with Gasteiger partial charge in [-0.1, -0.05) is 51.3 Å². The number of hydrogen-bond acceptors (Lipinski definition) is 11. The smallest absolute Gasteiger partial charge is 0.343 e. The molecular weight excluding hydrogens is 801 g/mol. The zero-order valence-electron chi connectivity index (χ0n) is 38.5. The molecule has 11 heteroatoms. The Morgan fingerprint density at radius 3 is 1.48 bits per heavy atom. The minimum Gasteiger partial charge on any atom is -0.494 e. The summed E-state index contributed by atoms with van der Waals surface area (Å²) in [6.07, 6.45) is 21.5. The normalized spacial score (nSPS) is 14.6. The molecule has 0 N–H and O–H groups in total.